The average molecular weight is 462 g/mol. The third-order valence-corrected chi connectivity index (χ3v) is 8.85. The van der Waals surface area contributed by atoms with Gasteiger partial charge in [0, 0.05) is 45.3 Å². The first-order chi connectivity index (χ1) is 15.4. The van der Waals surface area contributed by atoms with Crippen LogP contribution in [0.25, 0.3) is 6.08 Å². The van der Waals surface area contributed by atoms with Gasteiger partial charge >= 0.3 is 0 Å². The van der Waals surface area contributed by atoms with Crippen LogP contribution in [0.3, 0.4) is 0 Å². The Morgan fingerprint density at radius 1 is 0.969 bits per heavy atom. The number of hydrogen-bond acceptors (Lipinski definition) is 4. The molecule has 0 unspecified atom stereocenters. The third-order valence-electron chi connectivity index (χ3n) is 6.78. The summed E-state index contributed by atoms with van der Waals surface area (Å²) in [6.45, 7) is 9.35. The minimum absolute atomic E-state index is 0.0318. The van der Waals surface area contributed by atoms with Crippen molar-refractivity contribution in [3.05, 3.63) is 35.9 Å². The molecule has 0 atom stereocenters. The highest BCUT2D eigenvalue weighted by atomic mass is 32.2. The molecule has 1 aliphatic heterocycles. The second kappa shape index (κ2) is 12.0. The van der Waals surface area contributed by atoms with Gasteiger partial charge in [-0.05, 0) is 55.5 Å². The third kappa shape index (κ3) is 6.65. The Morgan fingerprint density at radius 3 is 2.31 bits per heavy atom. The number of carbonyl (C=O) groups excluding carboxylic acids is 1. The predicted octanol–water partition coefficient (Wildman–Crippen LogP) is 3.84. The number of rotatable bonds is 8. The van der Waals surface area contributed by atoms with E-state index in [4.69, 9.17) is 0 Å². The van der Waals surface area contributed by atoms with E-state index in [0.717, 1.165) is 44.1 Å². The van der Waals surface area contributed by atoms with Gasteiger partial charge in [-0.3, -0.25) is 4.79 Å². The Labute approximate surface area is 194 Å². The lowest BCUT2D eigenvalue weighted by molar-refractivity contribution is -0.125. The second-order valence-corrected chi connectivity index (χ2v) is 10.9. The maximum Gasteiger partial charge on any atom is 0.246 e. The molecule has 1 aromatic carbocycles. The lowest BCUT2D eigenvalue weighted by Gasteiger charge is -2.28. The minimum atomic E-state index is -3.46. The van der Waals surface area contributed by atoms with E-state index >= 15 is 0 Å². The molecule has 1 aromatic rings. The minimum Gasteiger partial charge on any atom is -0.338 e. The summed E-state index contributed by atoms with van der Waals surface area (Å²) in [5, 5.41) is 0. The van der Waals surface area contributed by atoms with Crippen molar-refractivity contribution in [3.8, 4) is 0 Å². The molecule has 1 saturated carbocycles. The normalized spacial score (nSPS) is 19.5. The van der Waals surface area contributed by atoms with E-state index in [1.807, 2.05) is 18.7 Å². The lowest BCUT2D eigenvalue weighted by atomic mass is 9.89. The van der Waals surface area contributed by atoms with Crippen LogP contribution in [0.15, 0.2) is 35.2 Å². The van der Waals surface area contributed by atoms with Crippen molar-refractivity contribution in [2.24, 2.45) is 5.92 Å². The topological polar surface area (TPSA) is 60.9 Å². The van der Waals surface area contributed by atoms with E-state index in [1.54, 1.807) is 36.4 Å². The number of sulfonamides is 1. The number of nitrogens with zero attached hydrogens (tertiary/aromatic N) is 3. The SMILES string of the molecule is CCN(CC)S(=O)(=O)c1ccc(/C=C/C(=O)N2CCCN(CC3CCCCC3)CC2)cc1. The van der Waals surface area contributed by atoms with Crippen molar-refractivity contribution >= 4 is 22.0 Å². The summed E-state index contributed by atoms with van der Waals surface area (Å²) in [5.74, 6) is 0.865. The maximum absolute atomic E-state index is 12.7. The molecule has 6 nitrogen and oxygen atoms in total. The fourth-order valence-corrected chi connectivity index (χ4v) is 6.30. The van der Waals surface area contributed by atoms with Gasteiger partial charge in [0.05, 0.1) is 4.90 Å². The van der Waals surface area contributed by atoms with Crippen LogP contribution in [-0.2, 0) is 14.8 Å². The smallest absolute Gasteiger partial charge is 0.246 e. The molecule has 2 aliphatic rings. The highest BCUT2D eigenvalue weighted by Crippen LogP contribution is 2.25. The molecule has 1 saturated heterocycles. The zero-order valence-corrected chi connectivity index (χ0v) is 20.5. The van der Waals surface area contributed by atoms with Crippen molar-refractivity contribution in [3.63, 3.8) is 0 Å². The van der Waals surface area contributed by atoms with Crippen LogP contribution < -0.4 is 0 Å². The van der Waals surface area contributed by atoms with Crippen LogP contribution in [0.1, 0.15) is 57.9 Å². The summed E-state index contributed by atoms with van der Waals surface area (Å²) in [4.78, 5) is 17.5. The predicted molar refractivity (Wildman–Crippen MR) is 130 cm³/mol. The van der Waals surface area contributed by atoms with Crippen molar-refractivity contribution in [2.75, 3.05) is 45.8 Å². The standard InChI is InChI=1S/C25H39N3O3S/c1-3-28(4-2)32(30,31)24-14-11-22(12-15-24)13-16-25(29)27-18-8-17-26(19-20-27)21-23-9-6-5-7-10-23/h11-16,23H,3-10,17-21H2,1-2H3/b16-13+. The van der Waals surface area contributed by atoms with E-state index in [-0.39, 0.29) is 10.8 Å². The van der Waals surface area contributed by atoms with Crippen LogP contribution in [-0.4, -0.2) is 74.2 Å². The molecule has 2 fully saturated rings. The lowest BCUT2D eigenvalue weighted by Crippen LogP contribution is -2.36. The molecule has 3 rings (SSSR count). The molecular weight excluding hydrogens is 422 g/mol. The summed E-state index contributed by atoms with van der Waals surface area (Å²) >= 11 is 0. The summed E-state index contributed by atoms with van der Waals surface area (Å²) in [7, 11) is -3.46. The Hall–Kier alpha value is -1.70. The van der Waals surface area contributed by atoms with Crippen molar-refractivity contribution < 1.29 is 13.2 Å². The number of hydrogen-bond donors (Lipinski definition) is 0. The van der Waals surface area contributed by atoms with Gasteiger partial charge in [-0.1, -0.05) is 45.2 Å². The zero-order valence-electron chi connectivity index (χ0n) is 19.7. The van der Waals surface area contributed by atoms with E-state index < -0.39 is 10.0 Å². The fourth-order valence-electron chi connectivity index (χ4n) is 4.85. The molecule has 0 radical (unpaired) electrons. The highest BCUT2D eigenvalue weighted by Gasteiger charge is 2.22. The monoisotopic (exact) mass is 461 g/mol. The molecule has 32 heavy (non-hydrogen) atoms. The molecule has 0 bridgehead atoms. The van der Waals surface area contributed by atoms with Crippen molar-refractivity contribution in [2.45, 2.75) is 57.3 Å². The molecule has 1 aliphatic carbocycles. The fraction of sp³-hybridized carbons (Fsp3) is 0.640. The molecule has 0 N–H and O–H groups in total. The highest BCUT2D eigenvalue weighted by molar-refractivity contribution is 7.89. The van der Waals surface area contributed by atoms with Crippen LogP contribution in [0.4, 0.5) is 0 Å². The van der Waals surface area contributed by atoms with E-state index in [1.165, 1.54) is 43.0 Å². The number of benzene rings is 1. The largest absolute Gasteiger partial charge is 0.338 e. The molecule has 0 aromatic heterocycles. The van der Waals surface area contributed by atoms with Crippen LogP contribution in [0.2, 0.25) is 0 Å². The molecule has 0 spiro atoms. The van der Waals surface area contributed by atoms with Gasteiger partial charge in [-0.2, -0.15) is 4.31 Å². The maximum atomic E-state index is 12.7. The number of carbonyl (C=O) groups is 1. The Morgan fingerprint density at radius 2 is 1.66 bits per heavy atom. The summed E-state index contributed by atoms with van der Waals surface area (Å²) in [6, 6.07) is 6.75. The molecular formula is C25H39N3O3S. The molecule has 1 amide bonds. The van der Waals surface area contributed by atoms with Crippen LogP contribution >= 0.6 is 0 Å². The Bertz CT molecular complexity index is 857. The van der Waals surface area contributed by atoms with Crippen LogP contribution in [0, 0.1) is 5.92 Å². The summed E-state index contributed by atoms with van der Waals surface area (Å²) < 4.78 is 26.7. The van der Waals surface area contributed by atoms with Gasteiger partial charge in [0.1, 0.15) is 0 Å². The van der Waals surface area contributed by atoms with Gasteiger partial charge < -0.3 is 9.80 Å². The van der Waals surface area contributed by atoms with Gasteiger partial charge in [-0.25, -0.2) is 8.42 Å². The second-order valence-electron chi connectivity index (χ2n) is 8.98. The van der Waals surface area contributed by atoms with Gasteiger partial charge in [-0.15, -0.1) is 0 Å². The summed E-state index contributed by atoms with van der Waals surface area (Å²) in [5.41, 5.74) is 0.825. The molecule has 7 heteroatoms. The molecule has 1 heterocycles. The van der Waals surface area contributed by atoms with Gasteiger partial charge in [0.2, 0.25) is 15.9 Å². The van der Waals surface area contributed by atoms with Crippen molar-refractivity contribution in [1.29, 1.82) is 0 Å². The quantitative estimate of drug-likeness (QED) is 0.552. The first kappa shape index (κ1) is 24.9. The Balaban J connectivity index is 1.53. The van der Waals surface area contributed by atoms with Gasteiger partial charge in [0.15, 0.2) is 0 Å². The number of amides is 1. The van der Waals surface area contributed by atoms with Gasteiger partial charge in [0.25, 0.3) is 0 Å². The molecule has 178 valence electrons. The first-order valence-electron chi connectivity index (χ1n) is 12.2. The Kier molecular flexibility index (Phi) is 9.32. The zero-order chi connectivity index (χ0) is 23.0. The van der Waals surface area contributed by atoms with E-state index in [9.17, 15) is 13.2 Å². The summed E-state index contributed by atoms with van der Waals surface area (Å²) in [6.07, 6.45) is 11.3. The first-order valence-corrected chi connectivity index (χ1v) is 13.7. The van der Waals surface area contributed by atoms with Crippen LogP contribution in [0.5, 0.6) is 0 Å². The average Bonchev–Trinajstić information content (AvgIpc) is 3.05. The van der Waals surface area contributed by atoms with E-state index in [0.29, 0.717) is 13.1 Å². The van der Waals surface area contributed by atoms with Crippen molar-refractivity contribution in [1.82, 2.24) is 14.1 Å². The van der Waals surface area contributed by atoms with E-state index in [2.05, 4.69) is 4.90 Å².